The molecule has 0 radical (unpaired) electrons. The van der Waals surface area contributed by atoms with Crippen molar-refractivity contribution in [2.75, 3.05) is 7.11 Å². The Morgan fingerprint density at radius 3 is 2.57 bits per heavy atom. The molecule has 2 heterocycles. The lowest BCUT2D eigenvalue weighted by molar-refractivity contribution is -0.121. The van der Waals surface area contributed by atoms with E-state index in [2.05, 4.69) is 20.6 Å². The van der Waals surface area contributed by atoms with Crippen LogP contribution < -0.4 is 15.6 Å². The first-order chi connectivity index (χ1) is 14.5. The van der Waals surface area contributed by atoms with Gasteiger partial charge in [0.2, 0.25) is 5.91 Å². The zero-order valence-electron chi connectivity index (χ0n) is 15.9. The van der Waals surface area contributed by atoms with E-state index in [1.807, 2.05) is 12.1 Å². The molecule has 0 saturated carbocycles. The Balaban J connectivity index is 1.51. The fraction of sp³-hybridized carbons (Fsp3) is 0.150. The summed E-state index contributed by atoms with van der Waals surface area (Å²) in [6.45, 7) is 0.152. The van der Waals surface area contributed by atoms with Crippen LogP contribution in [0, 0.1) is 0 Å². The molecule has 0 saturated heterocycles. The van der Waals surface area contributed by atoms with E-state index in [-0.39, 0.29) is 18.0 Å². The third-order valence-corrected chi connectivity index (χ3v) is 4.72. The molecule has 0 atom stereocenters. The van der Waals surface area contributed by atoms with Gasteiger partial charge in [-0.1, -0.05) is 28.9 Å². The van der Waals surface area contributed by atoms with E-state index in [0.29, 0.717) is 28.7 Å². The second kappa shape index (κ2) is 8.34. The molecule has 152 valence electrons. The SMILES string of the molecule is COc1ccc(-n2nnc3c(=O)n(CC(=O)NCc4ccc(Cl)cc4)cnc32)cc1. The number of rotatable bonds is 6. The van der Waals surface area contributed by atoms with Crippen molar-refractivity contribution >= 4 is 28.7 Å². The third-order valence-electron chi connectivity index (χ3n) is 4.46. The van der Waals surface area contributed by atoms with Gasteiger partial charge in [-0.2, -0.15) is 4.68 Å². The summed E-state index contributed by atoms with van der Waals surface area (Å²) in [5.74, 6) is 0.374. The Morgan fingerprint density at radius 1 is 1.13 bits per heavy atom. The van der Waals surface area contributed by atoms with Crippen molar-refractivity contribution in [1.82, 2.24) is 29.9 Å². The molecule has 2 aromatic heterocycles. The lowest BCUT2D eigenvalue weighted by atomic mass is 10.2. The smallest absolute Gasteiger partial charge is 0.284 e. The molecule has 4 rings (SSSR count). The molecule has 0 bridgehead atoms. The number of benzene rings is 2. The highest BCUT2D eigenvalue weighted by atomic mass is 35.5. The van der Waals surface area contributed by atoms with Crippen molar-refractivity contribution in [2.45, 2.75) is 13.1 Å². The normalized spacial score (nSPS) is 10.9. The second-order valence-corrected chi connectivity index (χ2v) is 6.89. The lowest BCUT2D eigenvalue weighted by Gasteiger charge is -2.08. The van der Waals surface area contributed by atoms with Crippen LogP contribution >= 0.6 is 11.6 Å². The molecule has 1 amide bonds. The Bertz CT molecular complexity index is 1250. The quantitative estimate of drug-likeness (QED) is 0.507. The van der Waals surface area contributed by atoms with Gasteiger partial charge in [0.25, 0.3) is 5.56 Å². The van der Waals surface area contributed by atoms with Crippen molar-refractivity contribution in [3.63, 3.8) is 0 Å². The highest BCUT2D eigenvalue weighted by Gasteiger charge is 2.15. The van der Waals surface area contributed by atoms with Crippen LogP contribution in [0.4, 0.5) is 0 Å². The van der Waals surface area contributed by atoms with Crippen LogP contribution in [0.5, 0.6) is 5.75 Å². The summed E-state index contributed by atoms with van der Waals surface area (Å²) in [6, 6.07) is 14.2. The summed E-state index contributed by atoms with van der Waals surface area (Å²) in [6.07, 6.45) is 1.32. The number of carbonyl (C=O) groups excluding carboxylic acids is 1. The molecule has 0 fully saturated rings. The molecule has 0 aliphatic carbocycles. The molecular formula is C20H17ClN6O3. The fourth-order valence-corrected chi connectivity index (χ4v) is 2.99. The maximum Gasteiger partial charge on any atom is 0.284 e. The standard InChI is InChI=1S/C20H17ClN6O3/c1-30-16-8-6-15(7-9-16)27-19-18(24-25-27)20(29)26(12-23-19)11-17(28)22-10-13-2-4-14(21)5-3-13/h2-9,12H,10-11H2,1H3,(H,22,28). The number of hydrogen-bond donors (Lipinski definition) is 1. The number of carbonyl (C=O) groups is 1. The number of ether oxygens (including phenoxy) is 1. The van der Waals surface area contributed by atoms with Crippen molar-refractivity contribution in [1.29, 1.82) is 0 Å². The maximum atomic E-state index is 12.7. The largest absolute Gasteiger partial charge is 0.497 e. The molecule has 30 heavy (non-hydrogen) atoms. The highest BCUT2D eigenvalue weighted by molar-refractivity contribution is 6.30. The van der Waals surface area contributed by atoms with Crippen LogP contribution in [-0.4, -0.2) is 37.6 Å². The Hall–Kier alpha value is -3.72. The number of amides is 1. The monoisotopic (exact) mass is 424 g/mol. The Morgan fingerprint density at radius 2 is 1.87 bits per heavy atom. The van der Waals surface area contributed by atoms with Gasteiger partial charge in [-0.25, -0.2) is 4.98 Å². The van der Waals surface area contributed by atoms with E-state index in [1.54, 1.807) is 43.5 Å². The molecule has 9 nitrogen and oxygen atoms in total. The van der Waals surface area contributed by atoms with Crippen molar-refractivity contribution in [2.24, 2.45) is 0 Å². The van der Waals surface area contributed by atoms with Crippen LogP contribution in [0.3, 0.4) is 0 Å². The van der Waals surface area contributed by atoms with E-state index in [0.717, 1.165) is 5.56 Å². The second-order valence-electron chi connectivity index (χ2n) is 6.45. The van der Waals surface area contributed by atoms with Crippen LogP contribution in [0.2, 0.25) is 5.02 Å². The Kier molecular flexibility index (Phi) is 5.44. The molecule has 0 aliphatic heterocycles. The van der Waals surface area contributed by atoms with Gasteiger partial charge in [-0.3, -0.25) is 14.2 Å². The average Bonchev–Trinajstić information content (AvgIpc) is 3.20. The molecule has 0 unspecified atom stereocenters. The molecular weight excluding hydrogens is 408 g/mol. The van der Waals surface area contributed by atoms with Gasteiger partial charge in [0.15, 0.2) is 11.2 Å². The number of hydrogen-bond acceptors (Lipinski definition) is 6. The third kappa shape index (κ3) is 4.01. The highest BCUT2D eigenvalue weighted by Crippen LogP contribution is 2.16. The number of methoxy groups -OCH3 is 1. The molecule has 1 N–H and O–H groups in total. The topological polar surface area (TPSA) is 104 Å². The van der Waals surface area contributed by atoms with Crippen molar-refractivity contribution in [3.8, 4) is 11.4 Å². The number of fused-ring (bicyclic) bond motifs is 1. The molecule has 0 aliphatic rings. The maximum absolute atomic E-state index is 12.7. The number of nitrogens with one attached hydrogen (secondary N) is 1. The van der Waals surface area contributed by atoms with E-state index < -0.39 is 5.56 Å². The van der Waals surface area contributed by atoms with Crippen LogP contribution in [0.25, 0.3) is 16.9 Å². The van der Waals surface area contributed by atoms with Crippen molar-refractivity contribution < 1.29 is 9.53 Å². The summed E-state index contributed by atoms with van der Waals surface area (Å²) >= 11 is 5.85. The summed E-state index contributed by atoms with van der Waals surface area (Å²) in [4.78, 5) is 29.2. The first-order valence-electron chi connectivity index (χ1n) is 9.01. The van der Waals surface area contributed by atoms with Crippen molar-refractivity contribution in [3.05, 3.63) is 75.8 Å². The van der Waals surface area contributed by atoms with Gasteiger partial charge in [0, 0.05) is 11.6 Å². The van der Waals surface area contributed by atoms with Gasteiger partial charge < -0.3 is 10.1 Å². The summed E-state index contributed by atoms with van der Waals surface area (Å²) < 4.78 is 7.80. The average molecular weight is 425 g/mol. The van der Waals surface area contributed by atoms with Gasteiger partial charge in [0.05, 0.1) is 12.8 Å². The summed E-state index contributed by atoms with van der Waals surface area (Å²) in [5.41, 5.74) is 1.53. The number of halogens is 1. The Labute approximate surface area is 175 Å². The lowest BCUT2D eigenvalue weighted by Crippen LogP contribution is -2.32. The van der Waals surface area contributed by atoms with E-state index >= 15 is 0 Å². The zero-order valence-corrected chi connectivity index (χ0v) is 16.7. The van der Waals surface area contributed by atoms with Crippen LogP contribution in [0.15, 0.2) is 59.7 Å². The molecule has 10 heteroatoms. The fourth-order valence-electron chi connectivity index (χ4n) is 2.87. The van der Waals surface area contributed by atoms with Gasteiger partial charge >= 0.3 is 0 Å². The predicted octanol–water partition coefficient (Wildman–Crippen LogP) is 1.96. The van der Waals surface area contributed by atoms with Crippen LogP contribution in [0.1, 0.15) is 5.56 Å². The summed E-state index contributed by atoms with van der Waals surface area (Å²) in [7, 11) is 1.58. The predicted molar refractivity (Wildman–Crippen MR) is 111 cm³/mol. The number of aromatic nitrogens is 5. The molecule has 4 aromatic rings. The van der Waals surface area contributed by atoms with E-state index in [4.69, 9.17) is 16.3 Å². The number of nitrogens with zero attached hydrogens (tertiary/aromatic N) is 5. The molecule has 0 spiro atoms. The minimum absolute atomic E-state index is 0.0822. The van der Waals surface area contributed by atoms with E-state index in [1.165, 1.54) is 15.6 Å². The first kappa shape index (κ1) is 19.6. The minimum Gasteiger partial charge on any atom is -0.497 e. The summed E-state index contributed by atoms with van der Waals surface area (Å²) in [5, 5.41) is 11.4. The van der Waals surface area contributed by atoms with E-state index in [9.17, 15) is 9.59 Å². The van der Waals surface area contributed by atoms with Crippen LogP contribution in [-0.2, 0) is 17.9 Å². The minimum atomic E-state index is -0.443. The van der Waals surface area contributed by atoms with Gasteiger partial charge in [-0.05, 0) is 42.0 Å². The van der Waals surface area contributed by atoms with Gasteiger partial charge in [0.1, 0.15) is 18.6 Å². The van der Waals surface area contributed by atoms with Gasteiger partial charge in [-0.15, -0.1) is 5.10 Å². The first-order valence-corrected chi connectivity index (χ1v) is 9.39. The molecule has 2 aromatic carbocycles. The zero-order chi connectivity index (χ0) is 21.1.